The Morgan fingerprint density at radius 3 is 2.70 bits per heavy atom. The summed E-state index contributed by atoms with van der Waals surface area (Å²) in [7, 11) is 7.03. The molecule has 1 atom stereocenters. The number of likely N-dealkylation sites (N-methyl/N-ethyl adjacent to an activating group) is 1. The molecule has 2 heterocycles. The molecule has 1 aliphatic rings. The van der Waals surface area contributed by atoms with Gasteiger partial charge in [0.2, 0.25) is 0 Å². The van der Waals surface area contributed by atoms with Crippen LogP contribution in [0.3, 0.4) is 0 Å². The van der Waals surface area contributed by atoms with Crippen LogP contribution in [0.2, 0.25) is 0 Å². The zero-order valence-electron chi connectivity index (χ0n) is 18.3. The lowest BCUT2D eigenvalue weighted by molar-refractivity contribution is 0.0575. The minimum Gasteiger partial charge on any atom is -0.493 e. The van der Waals surface area contributed by atoms with E-state index in [9.17, 15) is 4.79 Å². The number of carbonyl (C=O) groups excluding carboxylic acids is 1. The van der Waals surface area contributed by atoms with Gasteiger partial charge in [-0.3, -0.25) is 4.79 Å². The molecule has 0 saturated carbocycles. The van der Waals surface area contributed by atoms with Crippen molar-refractivity contribution in [2.24, 2.45) is 0 Å². The smallest absolute Gasteiger partial charge is 0.289 e. The summed E-state index contributed by atoms with van der Waals surface area (Å²) in [5, 5.41) is 0. The highest BCUT2D eigenvalue weighted by Gasteiger charge is 2.28. The zero-order valence-corrected chi connectivity index (χ0v) is 18.3. The molecule has 1 fully saturated rings. The average Bonchev–Trinajstić information content (AvgIpc) is 3.25. The maximum Gasteiger partial charge on any atom is 0.289 e. The molecule has 164 valence electrons. The molecule has 3 rings (SSSR count). The molecule has 2 aromatic rings. The van der Waals surface area contributed by atoms with Gasteiger partial charge in [-0.15, -0.1) is 0 Å². The summed E-state index contributed by atoms with van der Waals surface area (Å²) in [4.78, 5) is 17.1. The Labute approximate surface area is 178 Å². The lowest BCUT2D eigenvalue weighted by atomic mass is 10.0. The lowest BCUT2D eigenvalue weighted by Crippen LogP contribution is -2.49. The quantitative estimate of drug-likeness (QED) is 0.625. The molecule has 1 amide bonds. The first-order valence-corrected chi connectivity index (χ1v) is 10.3. The number of likely N-dealkylation sites (tertiary alicyclic amines) is 1. The molecule has 1 unspecified atom stereocenters. The van der Waals surface area contributed by atoms with Gasteiger partial charge < -0.3 is 28.4 Å². The number of piperidine rings is 1. The Bertz CT molecular complexity index is 835. The van der Waals surface area contributed by atoms with Crippen molar-refractivity contribution in [3.63, 3.8) is 0 Å². The standard InChI is InChI=1S/C23H32N2O5/c1-24(13-11-17-7-9-20(28-3)22(14-17)29-4)18-6-5-12-25(15-18)23(26)21-10-8-19(30-21)16-27-2/h7-10,14,18H,5-6,11-13,15-16H2,1-4H3. The first-order valence-electron chi connectivity index (χ1n) is 10.3. The van der Waals surface area contributed by atoms with Gasteiger partial charge >= 0.3 is 0 Å². The topological polar surface area (TPSA) is 64.4 Å². The molecule has 7 heteroatoms. The number of methoxy groups -OCH3 is 3. The summed E-state index contributed by atoms with van der Waals surface area (Å²) in [5.41, 5.74) is 1.20. The summed E-state index contributed by atoms with van der Waals surface area (Å²) in [6.07, 6.45) is 2.97. The van der Waals surface area contributed by atoms with Gasteiger partial charge in [0.15, 0.2) is 17.3 Å². The van der Waals surface area contributed by atoms with E-state index in [1.807, 2.05) is 17.0 Å². The normalized spacial score (nSPS) is 16.7. The number of nitrogens with zero attached hydrogens (tertiary/aromatic N) is 2. The summed E-state index contributed by atoms with van der Waals surface area (Å²) in [6, 6.07) is 9.90. The number of rotatable bonds is 9. The molecule has 30 heavy (non-hydrogen) atoms. The molecular formula is C23H32N2O5. The summed E-state index contributed by atoms with van der Waals surface area (Å²) in [5.74, 6) is 2.49. The lowest BCUT2D eigenvalue weighted by Gasteiger charge is -2.37. The second-order valence-corrected chi connectivity index (χ2v) is 7.67. The molecule has 1 aromatic heterocycles. The first kappa shape index (κ1) is 22.2. The fourth-order valence-electron chi connectivity index (χ4n) is 3.89. The molecule has 1 aromatic carbocycles. The van der Waals surface area contributed by atoms with E-state index in [1.54, 1.807) is 33.5 Å². The largest absolute Gasteiger partial charge is 0.493 e. The van der Waals surface area contributed by atoms with Gasteiger partial charge in [-0.1, -0.05) is 6.07 Å². The summed E-state index contributed by atoms with van der Waals surface area (Å²) >= 11 is 0. The minimum atomic E-state index is -0.0460. The number of hydrogen-bond acceptors (Lipinski definition) is 6. The zero-order chi connectivity index (χ0) is 21.5. The fourth-order valence-corrected chi connectivity index (χ4v) is 3.89. The number of ether oxygens (including phenoxy) is 3. The Morgan fingerprint density at radius 2 is 1.97 bits per heavy atom. The van der Waals surface area contributed by atoms with E-state index in [2.05, 4.69) is 18.0 Å². The van der Waals surface area contributed by atoms with Crippen LogP contribution in [0.5, 0.6) is 11.5 Å². The predicted octanol–water partition coefficient (Wildman–Crippen LogP) is 3.22. The van der Waals surface area contributed by atoms with Gasteiger partial charge in [-0.2, -0.15) is 0 Å². The Balaban J connectivity index is 1.56. The van der Waals surface area contributed by atoms with E-state index >= 15 is 0 Å². The predicted molar refractivity (Wildman–Crippen MR) is 114 cm³/mol. The van der Waals surface area contributed by atoms with E-state index < -0.39 is 0 Å². The fraction of sp³-hybridized carbons (Fsp3) is 0.522. The molecule has 0 aliphatic carbocycles. The van der Waals surface area contributed by atoms with Crippen LogP contribution in [-0.4, -0.2) is 69.8 Å². The Kier molecular flexibility index (Phi) is 7.76. The van der Waals surface area contributed by atoms with Crippen molar-refractivity contribution in [3.05, 3.63) is 47.4 Å². The van der Waals surface area contributed by atoms with Crippen LogP contribution in [-0.2, 0) is 17.8 Å². The molecular weight excluding hydrogens is 384 g/mol. The second-order valence-electron chi connectivity index (χ2n) is 7.67. The van der Waals surface area contributed by atoms with E-state index in [-0.39, 0.29) is 5.91 Å². The highest BCUT2D eigenvalue weighted by atomic mass is 16.5. The van der Waals surface area contributed by atoms with Gasteiger partial charge in [0, 0.05) is 32.8 Å². The van der Waals surface area contributed by atoms with Crippen LogP contribution in [0.15, 0.2) is 34.7 Å². The number of hydrogen-bond donors (Lipinski definition) is 0. The molecule has 1 aliphatic heterocycles. The van der Waals surface area contributed by atoms with Gasteiger partial charge in [-0.05, 0) is 56.1 Å². The van der Waals surface area contributed by atoms with Crippen molar-refractivity contribution in [1.29, 1.82) is 0 Å². The number of benzene rings is 1. The Morgan fingerprint density at radius 1 is 1.17 bits per heavy atom. The van der Waals surface area contributed by atoms with Crippen LogP contribution >= 0.6 is 0 Å². The highest BCUT2D eigenvalue weighted by molar-refractivity contribution is 5.91. The van der Waals surface area contributed by atoms with Gasteiger partial charge in [0.1, 0.15) is 12.4 Å². The third-order valence-corrected chi connectivity index (χ3v) is 5.67. The van der Waals surface area contributed by atoms with Crippen LogP contribution in [0.25, 0.3) is 0 Å². The monoisotopic (exact) mass is 416 g/mol. The maximum atomic E-state index is 12.8. The van der Waals surface area contributed by atoms with Crippen LogP contribution < -0.4 is 9.47 Å². The Hall–Kier alpha value is -2.51. The maximum absolute atomic E-state index is 12.8. The molecule has 0 spiro atoms. The number of amides is 1. The van der Waals surface area contributed by atoms with Crippen LogP contribution in [0.4, 0.5) is 0 Å². The van der Waals surface area contributed by atoms with Gasteiger partial charge in [0.05, 0.1) is 14.2 Å². The van der Waals surface area contributed by atoms with Crippen molar-refractivity contribution >= 4 is 5.91 Å². The SMILES string of the molecule is COCc1ccc(C(=O)N2CCCC(N(C)CCc3ccc(OC)c(OC)c3)C2)o1. The molecule has 7 nitrogen and oxygen atoms in total. The third-order valence-electron chi connectivity index (χ3n) is 5.67. The molecule has 0 radical (unpaired) electrons. The number of furan rings is 1. The third kappa shape index (κ3) is 5.34. The highest BCUT2D eigenvalue weighted by Crippen LogP contribution is 2.28. The van der Waals surface area contributed by atoms with E-state index in [4.69, 9.17) is 18.6 Å². The van der Waals surface area contributed by atoms with E-state index in [1.165, 1.54) is 5.56 Å². The van der Waals surface area contributed by atoms with Crippen molar-refractivity contribution in [1.82, 2.24) is 9.80 Å². The van der Waals surface area contributed by atoms with Gasteiger partial charge in [-0.25, -0.2) is 0 Å². The van der Waals surface area contributed by atoms with Crippen molar-refractivity contribution in [2.45, 2.75) is 31.9 Å². The molecule has 0 bridgehead atoms. The van der Waals surface area contributed by atoms with Crippen molar-refractivity contribution in [2.75, 3.05) is 48.0 Å². The minimum absolute atomic E-state index is 0.0460. The van der Waals surface area contributed by atoms with E-state index in [0.717, 1.165) is 43.9 Å². The summed E-state index contributed by atoms with van der Waals surface area (Å²) in [6.45, 7) is 2.75. The second kappa shape index (κ2) is 10.5. The van der Waals surface area contributed by atoms with E-state index in [0.29, 0.717) is 30.7 Å². The van der Waals surface area contributed by atoms with Crippen molar-refractivity contribution < 1.29 is 23.4 Å². The van der Waals surface area contributed by atoms with Crippen molar-refractivity contribution in [3.8, 4) is 11.5 Å². The number of carbonyl (C=O) groups is 1. The molecule has 0 N–H and O–H groups in total. The summed E-state index contributed by atoms with van der Waals surface area (Å²) < 4.78 is 21.4. The molecule has 1 saturated heterocycles. The van der Waals surface area contributed by atoms with Gasteiger partial charge in [0.25, 0.3) is 5.91 Å². The van der Waals surface area contributed by atoms with Crippen LogP contribution in [0, 0.1) is 0 Å². The average molecular weight is 417 g/mol. The van der Waals surface area contributed by atoms with Crippen LogP contribution in [0.1, 0.15) is 34.7 Å². The first-order chi connectivity index (χ1) is 14.5.